The van der Waals surface area contributed by atoms with Gasteiger partial charge in [0.15, 0.2) is 0 Å². The molecule has 0 saturated carbocycles. The average Bonchev–Trinajstić information content (AvgIpc) is 2.47. The number of alkyl carbamates (subject to hydrolysis) is 1. The number of carbonyl (C=O) groups excluding carboxylic acids is 1. The number of carbonyl (C=O) groups is 1. The van der Waals surface area contributed by atoms with Gasteiger partial charge in [0.25, 0.3) is 0 Å². The van der Waals surface area contributed by atoms with E-state index in [0.717, 1.165) is 23.1 Å². The van der Waals surface area contributed by atoms with Gasteiger partial charge in [0.2, 0.25) is 5.56 Å². The summed E-state index contributed by atoms with van der Waals surface area (Å²) >= 11 is 0. The van der Waals surface area contributed by atoms with Crippen LogP contribution < -0.4 is 10.9 Å². The van der Waals surface area contributed by atoms with Crippen molar-refractivity contribution in [3.63, 3.8) is 0 Å². The number of H-pyrrole nitrogens is 1. The van der Waals surface area contributed by atoms with E-state index in [0.29, 0.717) is 6.54 Å². The van der Waals surface area contributed by atoms with Crippen LogP contribution >= 0.6 is 0 Å². The second-order valence-corrected chi connectivity index (χ2v) is 6.32. The first-order valence-corrected chi connectivity index (χ1v) is 7.58. The van der Waals surface area contributed by atoms with Crippen LogP contribution in [-0.4, -0.2) is 23.2 Å². The van der Waals surface area contributed by atoms with Gasteiger partial charge in [0, 0.05) is 18.8 Å². The minimum Gasteiger partial charge on any atom is -0.444 e. The summed E-state index contributed by atoms with van der Waals surface area (Å²) in [4.78, 5) is 25.3. The topological polar surface area (TPSA) is 71.2 Å². The molecule has 2 aromatic rings. The standard InChI is InChI=1S/C18H22N2O3/c1-18(2,3)23-17(22)19-11-10-13-4-6-14(7-5-13)15-8-9-16(21)20-12-15/h4-9,12H,10-11H2,1-3H3,(H,19,22)(H,20,21). The Kier molecular flexibility index (Phi) is 5.21. The molecular formula is C18H22N2O3. The fraction of sp³-hybridized carbons (Fsp3) is 0.333. The fourth-order valence-electron chi connectivity index (χ4n) is 2.08. The van der Waals surface area contributed by atoms with Crippen molar-refractivity contribution in [2.75, 3.05) is 6.54 Å². The van der Waals surface area contributed by atoms with Crippen LogP contribution in [0.25, 0.3) is 11.1 Å². The number of pyridine rings is 1. The Balaban J connectivity index is 1.87. The number of benzene rings is 1. The van der Waals surface area contributed by atoms with Crippen LogP contribution in [0.2, 0.25) is 0 Å². The van der Waals surface area contributed by atoms with Crippen LogP contribution in [0.4, 0.5) is 4.79 Å². The molecule has 0 bridgehead atoms. The van der Waals surface area contributed by atoms with Crippen LogP contribution in [0.1, 0.15) is 26.3 Å². The molecule has 5 heteroatoms. The smallest absolute Gasteiger partial charge is 0.407 e. The highest BCUT2D eigenvalue weighted by molar-refractivity contribution is 5.67. The monoisotopic (exact) mass is 314 g/mol. The SMILES string of the molecule is CC(C)(C)OC(=O)NCCc1ccc(-c2ccc(=O)[nH]c2)cc1. The van der Waals surface area contributed by atoms with E-state index >= 15 is 0 Å². The molecule has 0 unspecified atom stereocenters. The number of hydrogen-bond acceptors (Lipinski definition) is 3. The Hall–Kier alpha value is -2.56. The summed E-state index contributed by atoms with van der Waals surface area (Å²) in [5.74, 6) is 0. The largest absolute Gasteiger partial charge is 0.444 e. The van der Waals surface area contributed by atoms with Crippen molar-refractivity contribution < 1.29 is 9.53 Å². The molecule has 1 amide bonds. The number of hydrogen-bond donors (Lipinski definition) is 2. The van der Waals surface area contributed by atoms with E-state index in [2.05, 4.69) is 10.3 Å². The maximum atomic E-state index is 11.6. The van der Waals surface area contributed by atoms with Crippen LogP contribution in [0.15, 0.2) is 47.4 Å². The van der Waals surface area contributed by atoms with Gasteiger partial charge in [-0.2, -0.15) is 0 Å². The predicted octanol–water partition coefficient (Wildman–Crippen LogP) is 3.11. The van der Waals surface area contributed by atoms with E-state index in [1.807, 2.05) is 45.0 Å². The maximum Gasteiger partial charge on any atom is 0.407 e. The Labute approximate surface area is 135 Å². The fourth-order valence-corrected chi connectivity index (χ4v) is 2.08. The lowest BCUT2D eigenvalue weighted by Gasteiger charge is -2.19. The highest BCUT2D eigenvalue weighted by Crippen LogP contribution is 2.17. The molecule has 1 aromatic heterocycles. The van der Waals surface area contributed by atoms with Crippen LogP contribution in [0, 0.1) is 0 Å². The lowest BCUT2D eigenvalue weighted by atomic mass is 10.0. The third-order valence-corrected chi connectivity index (χ3v) is 3.15. The van der Waals surface area contributed by atoms with E-state index in [4.69, 9.17) is 4.74 Å². The summed E-state index contributed by atoms with van der Waals surface area (Å²) in [7, 11) is 0. The molecule has 1 heterocycles. The second-order valence-electron chi connectivity index (χ2n) is 6.32. The number of ether oxygens (including phenoxy) is 1. The van der Waals surface area contributed by atoms with E-state index < -0.39 is 11.7 Å². The molecule has 0 spiro atoms. The number of rotatable bonds is 4. The highest BCUT2D eigenvalue weighted by Gasteiger charge is 2.15. The number of aromatic nitrogens is 1. The van der Waals surface area contributed by atoms with Gasteiger partial charge in [-0.15, -0.1) is 0 Å². The molecule has 0 saturated heterocycles. The quantitative estimate of drug-likeness (QED) is 0.911. The molecular weight excluding hydrogens is 292 g/mol. The van der Waals surface area contributed by atoms with Crippen molar-refractivity contribution >= 4 is 6.09 Å². The summed E-state index contributed by atoms with van der Waals surface area (Å²) in [5.41, 5.74) is 2.52. The summed E-state index contributed by atoms with van der Waals surface area (Å²) in [6.07, 6.45) is 2.02. The summed E-state index contributed by atoms with van der Waals surface area (Å²) < 4.78 is 5.18. The first-order valence-electron chi connectivity index (χ1n) is 7.58. The van der Waals surface area contributed by atoms with Gasteiger partial charge >= 0.3 is 6.09 Å². The van der Waals surface area contributed by atoms with Gasteiger partial charge < -0.3 is 15.0 Å². The highest BCUT2D eigenvalue weighted by atomic mass is 16.6. The molecule has 1 aromatic carbocycles. The molecule has 5 nitrogen and oxygen atoms in total. The Bertz CT molecular complexity index is 692. The number of amides is 1. The zero-order valence-corrected chi connectivity index (χ0v) is 13.7. The van der Waals surface area contributed by atoms with Crippen molar-refractivity contribution in [2.45, 2.75) is 32.8 Å². The minimum absolute atomic E-state index is 0.112. The first kappa shape index (κ1) is 16.8. The molecule has 0 aliphatic heterocycles. The second kappa shape index (κ2) is 7.13. The van der Waals surface area contributed by atoms with Crippen LogP contribution in [0.5, 0.6) is 0 Å². The lowest BCUT2D eigenvalue weighted by molar-refractivity contribution is 0.0528. The molecule has 0 atom stereocenters. The lowest BCUT2D eigenvalue weighted by Crippen LogP contribution is -2.33. The minimum atomic E-state index is -0.484. The zero-order chi connectivity index (χ0) is 16.9. The number of nitrogens with one attached hydrogen (secondary N) is 2. The molecule has 2 N–H and O–H groups in total. The van der Waals surface area contributed by atoms with Crippen molar-refractivity contribution in [2.24, 2.45) is 0 Å². The summed E-state index contributed by atoms with van der Waals surface area (Å²) in [6, 6.07) is 11.3. The normalized spacial score (nSPS) is 11.1. The number of aromatic amines is 1. The van der Waals surface area contributed by atoms with E-state index in [-0.39, 0.29) is 5.56 Å². The van der Waals surface area contributed by atoms with Crippen LogP contribution in [-0.2, 0) is 11.2 Å². The maximum absolute atomic E-state index is 11.6. The molecule has 0 aliphatic carbocycles. The molecule has 122 valence electrons. The Morgan fingerprint density at radius 3 is 2.30 bits per heavy atom. The van der Waals surface area contributed by atoms with Gasteiger partial charge in [-0.3, -0.25) is 4.79 Å². The average molecular weight is 314 g/mol. The Morgan fingerprint density at radius 1 is 1.09 bits per heavy atom. The van der Waals surface area contributed by atoms with Gasteiger partial charge in [-0.25, -0.2) is 4.79 Å². The molecule has 2 rings (SSSR count). The van der Waals surface area contributed by atoms with E-state index in [1.54, 1.807) is 12.3 Å². The summed E-state index contributed by atoms with van der Waals surface area (Å²) in [5, 5.41) is 2.74. The zero-order valence-electron chi connectivity index (χ0n) is 13.7. The van der Waals surface area contributed by atoms with Crippen molar-refractivity contribution in [1.29, 1.82) is 0 Å². The van der Waals surface area contributed by atoms with E-state index in [1.165, 1.54) is 6.07 Å². The Morgan fingerprint density at radius 2 is 1.74 bits per heavy atom. The van der Waals surface area contributed by atoms with Crippen LogP contribution in [0.3, 0.4) is 0 Å². The summed E-state index contributed by atoms with van der Waals surface area (Å²) in [6.45, 7) is 6.03. The van der Waals surface area contributed by atoms with Gasteiger partial charge in [-0.05, 0) is 49.9 Å². The first-order chi connectivity index (χ1) is 10.8. The van der Waals surface area contributed by atoms with Crippen molar-refractivity contribution in [1.82, 2.24) is 10.3 Å². The van der Waals surface area contributed by atoms with Crippen molar-refractivity contribution in [3.8, 4) is 11.1 Å². The van der Waals surface area contributed by atoms with Gasteiger partial charge in [0.05, 0.1) is 0 Å². The van der Waals surface area contributed by atoms with Crippen molar-refractivity contribution in [3.05, 3.63) is 58.5 Å². The molecule has 0 aliphatic rings. The third kappa shape index (κ3) is 5.62. The predicted molar refractivity (Wildman–Crippen MR) is 90.4 cm³/mol. The van der Waals surface area contributed by atoms with Gasteiger partial charge in [-0.1, -0.05) is 24.3 Å². The molecule has 0 radical (unpaired) electrons. The van der Waals surface area contributed by atoms with Gasteiger partial charge in [0.1, 0.15) is 5.60 Å². The third-order valence-electron chi connectivity index (χ3n) is 3.15. The molecule has 23 heavy (non-hydrogen) atoms. The molecule has 0 fully saturated rings. The van der Waals surface area contributed by atoms with E-state index in [9.17, 15) is 9.59 Å².